The lowest BCUT2D eigenvalue weighted by Gasteiger charge is -2.25. The van der Waals surface area contributed by atoms with Crippen LogP contribution in [0.5, 0.6) is 11.5 Å². The Morgan fingerprint density at radius 1 is 0.732 bits per heavy atom. The zero-order valence-electron chi connectivity index (χ0n) is 22.3. The monoisotopic (exact) mass is 590 g/mol. The Morgan fingerprint density at radius 3 is 1.63 bits per heavy atom. The standard InChI is InChI=1S/C27H34N4O9S/c1-41-11-10-19(28)24(36)29-21(14-23(34)35)26(38)30-20(12-15-2-6-17(32)7-3-15)25(37)31-22(27(39)40)13-16-4-8-18(33)9-5-16/h2-9,19-22,32-33H,10-14,28H2,1H3,(H,29,36)(H,30,38)(H,31,37)(H,34,35)(H,39,40). The summed E-state index contributed by atoms with van der Waals surface area (Å²) in [4.78, 5) is 62.3. The maximum atomic E-state index is 13.3. The van der Waals surface area contributed by atoms with Crippen LogP contribution in [0.15, 0.2) is 48.5 Å². The van der Waals surface area contributed by atoms with E-state index in [0.717, 1.165) is 0 Å². The number of rotatable bonds is 16. The Hall–Kier alpha value is -4.30. The van der Waals surface area contributed by atoms with Gasteiger partial charge in [-0.1, -0.05) is 24.3 Å². The molecule has 0 aliphatic carbocycles. The van der Waals surface area contributed by atoms with Crippen molar-refractivity contribution in [3.8, 4) is 11.5 Å². The second kappa shape index (κ2) is 16.1. The number of phenols is 2. The number of hydrogen-bond acceptors (Lipinski definition) is 9. The van der Waals surface area contributed by atoms with E-state index >= 15 is 0 Å². The predicted molar refractivity (Wildman–Crippen MR) is 150 cm³/mol. The van der Waals surface area contributed by atoms with Gasteiger partial charge in [0.05, 0.1) is 12.5 Å². The molecule has 0 fully saturated rings. The van der Waals surface area contributed by atoms with Gasteiger partial charge in [-0.3, -0.25) is 19.2 Å². The molecule has 4 atom stereocenters. The molecular formula is C27H34N4O9S. The van der Waals surface area contributed by atoms with Gasteiger partial charge in [-0.05, 0) is 53.8 Å². The van der Waals surface area contributed by atoms with Gasteiger partial charge in [0.25, 0.3) is 0 Å². The van der Waals surface area contributed by atoms with E-state index in [1.165, 1.54) is 60.3 Å². The van der Waals surface area contributed by atoms with Gasteiger partial charge in [0.15, 0.2) is 0 Å². The largest absolute Gasteiger partial charge is 0.508 e. The van der Waals surface area contributed by atoms with Crippen molar-refractivity contribution in [3.05, 3.63) is 59.7 Å². The van der Waals surface area contributed by atoms with Crippen LogP contribution in [0.2, 0.25) is 0 Å². The van der Waals surface area contributed by atoms with Crippen LogP contribution in [0.4, 0.5) is 0 Å². The van der Waals surface area contributed by atoms with Crippen molar-refractivity contribution in [1.82, 2.24) is 16.0 Å². The quantitative estimate of drug-likeness (QED) is 0.129. The highest BCUT2D eigenvalue weighted by Gasteiger charge is 2.31. The van der Waals surface area contributed by atoms with Gasteiger partial charge in [-0.2, -0.15) is 11.8 Å². The highest BCUT2D eigenvalue weighted by Crippen LogP contribution is 2.14. The molecule has 9 N–H and O–H groups in total. The lowest BCUT2D eigenvalue weighted by atomic mass is 10.0. The van der Waals surface area contributed by atoms with Gasteiger partial charge in [-0.25, -0.2) is 4.79 Å². The molecule has 0 saturated carbocycles. The van der Waals surface area contributed by atoms with Gasteiger partial charge in [0.1, 0.15) is 29.6 Å². The SMILES string of the molecule is CSCCC(N)C(=O)NC(CC(=O)O)C(=O)NC(Cc1ccc(O)cc1)C(=O)NC(Cc1ccc(O)cc1)C(=O)O. The van der Waals surface area contributed by atoms with Gasteiger partial charge in [0.2, 0.25) is 17.7 Å². The number of carbonyl (C=O) groups excluding carboxylic acids is 3. The number of phenolic OH excluding ortho intramolecular Hbond substituents is 2. The number of nitrogens with one attached hydrogen (secondary N) is 3. The molecule has 0 bridgehead atoms. The van der Waals surface area contributed by atoms with Crippen molar-refractivity contribution in [2.45, 2.75) is 49.9 Å². The molecule has 222 valence electrons. The van der Waals surface area contributed by atoms with Gasteiger partial charge in [0, 0.05) is 12.8 Å². The molecule has 0 radical (unpaired) electrons. The van der Waals surface area contributed by atoms with Crippen molar-refractivity contribution in [1.29, 1.82) is 0 Å². The van der Waals surface area contributed by atoms with E-state index in [1.807, 2.05) is 6.26 Å². The number of hydrogen-bond donors (Lipinski definition) is 8. The minimum atomic E-state index is -1.57. The summed E-state index contributed by atoms with van der Waals surface area (Å²) in [6, 6.07) is 6.10. The first-order valence-corrected chi connectivity index (χ1v) is 13.9. The molecule has 4 unspecified atom stereocenters. The fourth-order valence-corrected chi connectivity index (χ4v) is 4.22. The second-order valence-corrected chi connectivity index (χ2v) is 10.2. The Kier molecular flexibility index (Phi) is 12.9. The highest BCUT2D eigenvalue weighted by molar-refractivity contribution is 7.98. The van der Waals surface area contributed by atoms with E-state index in [4.69, 9.17) is 5.73 Å². The summed E-state index contributed by atoms with van der Waals surface area (Å²) < 4.78 is 0. The molecule has 2 aromatic carbocycles. The number of benzene rings is 2. The lowest BCUT2D eigenvalue weighted by Crippen LogP contribution is -2.58. The fourth-order valence-electron chi connectivity index (χ4n) is 3.73. The summed E-state index contributed by atoms with van der Waals surface area (Å²) in [7, 11) is 0. The first kappa shape index (κ1) is 32.9. The van der Waals surface area contributed by atoms with Crippen molar-refractivity contribution in [2.24, 2.45) is 5.73 Å². The van der Waals surface area contributed by atoms with Crippen LogP contribution in [0, 0.1) is 0 Å². The van der Waals surface area contributed by atoms with E-state index in [2.05, 4.69) is 16.0 Å². The number of thioether (sulfide) groups is 1. The molecule has 0 spiro atoms. The van der Waals surface area contributed by atoms with Crippen LogP contribution in [-0.4, -0.2) is 86.3 Å². The Bertz CT molecular complexity index is 1210. The second-order valence-electron chi connectivity index (χ2n) is 9.25. The van der Waals surface area contributed by atoms with Gasteiger partial charge < -0.3 is 42.1 Å². The lowest BCUT2D eigenvalue weighted by molar-refractivity contribution is -0.143. The number of aliphatic carboxylic acids is 2. The molecule has 0 aliphatic rings. The molecule has 14 heteroatoms. The molecule has 2 aromatic rings. The number of nitrogens with two attached hydrogens (primary N) is 1. The zero-order chi connectivity index (χ0) is 30.5. The number of amides is 3. The van der Waals surface area contributed by atoms with Crippen molar-refractivity contribution in [2.75, 3.05) is 12.0 Å². The first-order valence-electron chi connectivity index (χ1n) is 12.6. The Morgan fingerprint density at radius 2 is 1.17 bits per heavy atom. The number of aromatic hydroxyl groups is 2. The van der Waals surface area contributed by atoms with E-state index in [1.54, 1.807) is 0 Å². The third-order valence-electron chi connectivity index (χ3n) is 5.98. The molecule has 41 heavy (non-hydrogen) atoms. The van der Waals surface area contributed by atoms with Crippen LogP contribution in [0.1, 0.15) is 24.0 Å². The maximum absolute atomic E-state index is 13.3. The Labute approximate surface area is 240 Å². The zero-order valence-corrected chi connectivity index (χ0v) is 23.1. The van der Waals surface area contributed by atoms with Gasteiger partial charge >= 0.3 is 11.9 Å². The third-order valence-corrected chi connectivity index (χ3v) is 6.63. The van der Waals surface area contributed by atoms with E-state index in [0.29, 0.717) is 16.9 Å². The van der Waals surface area contributed by atoms with Crippen LogP contribution in [-0.2, 0) is 36.8 Å². The van der Waals surface area contributed by atoms with Crippen molar-refractivity contribution in [3.63, 3.8) is 0 Å². The summed E-state index contributed by atoms with van der Waals surface area (Å²) in [6.45, 7) is 0. The smallest absolute Gasteiger partial charge is 0.326 e. The molecule has 13 nitrogen and oxygen atoms in total. The summed E-state index contributed by atoms with van der Waals surface area (Å²) in [5.41, 5.74) is 6.85. The van der Waals surface area contributed by atoms with Crippen LogP contribution in [0.3, 0.4) is 0 Å². The molecular weight excluding hydrogens is 556 g/mol. The first-order chi connectivity index (χ1) is 19.4. The molecule has 0 aromatic heterocycles. The van der Waals surface area contributed by atoms with E-state index in [-0.39, 0.29) is 30.8 Å². The summed E-state index contributed by atoms with van der Waals surface area (Å²) in [5, 5.41) is 45.2. The highest BCUT2D eigenvalue weighted by atomic mass is 32.2. The summed E-state index contributed by atoms with van der Waals surface area (Å²) in [5.74, 6) is -4.83. The van der Waals surface area contributed by atoms with Crippen molar-refractivity contribution >= 4 is 41.4 Å². The molecule has 0 saturated heterocycles. The van der Waals surface area contributed by atoms with Crippen LogP contribution < -0.4 is 21.7 Å². The van der Waals surface area contributed by atoms with E-state index < -0.39 is 60.2 Å². The topological polar surface area (TPSA) is 228 Å². The summed E-state index contributed by atoms with van der Waals surface area (Å²) in [6.07, 6.45) is 1.04. The number of carboxylic acids is 2. The molecule has 0 aliphatic heterocycles. The average molecular weight is 591 g/mol. The van der Waals surface area contributed by atoms with Gasteiger partial charge in [-0.15, -0.1) is 0 Å². The number of carbonyl (C=O) groups is 5. The average Bonchev–Trinajstić information content (AvgIpc) is 2.92. The third kappa shape index (κ3) is 11.4. The van der Waals surface area contributed by atoms with Crippen LogP contribution in [0.25, 0.3) is 0 Å². The summed E-state index contributed by atoms with van der Waals surface area (Å²) >= 11 is 1.46. The van der Waals surface area contributed by atoms with Crippen LogP contribution >= 0.6 is 11.8 Å². The minimum absolute atomic E-state index is 0.0189. The fraction of sp³-hybridized carbons (Fsp3) is 0.370. The minimum Gasteiger partial charge on any atom is -0.508 e. The molecule has 2 rings (SSSR count). The maximum Gasteiger partial charge on any atom is 0.326 e. The normalized spacial score (nSPS) is 13.7. The molecule has 0 heterocycles. The molecule has 3 amide bonds. The predicted octanol–water partition coefficient (Wildman–Crippen LogP) is -0.0229. The van der Waals surface area contributed by atoms with E-state index in [9.17, 15) is 44.4 Å². The Balaban J connectivity index is 2.27. The number of carboxylic acid groups (broad SMARTS) is 2. The van der Waals surface area contributed by atoms with Crippen molar-refractivity contribution < 1.29 is 44.4 Å².